The van der Waals surface area contributed by atoms with Crippen LogP contribution in [0.2, 0.25) is 0 Å². The second kappa shape index (κ2) is 7.82. The molecule has 0 aromatic heterocycles. The predicted octanol–water partition coefficient (Wildman–Crippen LogP) is 1.84. The summed E-state index contributed by atoms with van der Waals surface area (Å²) in [5, 5.41) is 0. The van der Waals surface area contributed by atoms with Crippen molar-refractivity contribution >= 4 is 22.1 Å². The van der Waals surface area contributed by atoms with E-state index in [-0.39, 0.29) is 5.57 Å². The van der Waals surface area contributed by atoms with Gasteiger partial charge in [0, 0.05) is 5.57 Å². The fraction of sp³-hybridized carbons (Fsp3) is 0.667. The van der Waals surface area contributed by atoms with Crippen LogP contribution in [0.5, 0.6) is 0 Å². The van der Waals surface area contributed by atoms with Crippen LogP contribution in [0.15, 0.2) is 12.2 Å². The quantitative estimate of drug-likeness (QED) is 0.270. The summed E-state index contributed by atoms with van der Waals surface area (Å²) >= 11 is 0. The lowest BCUT2D eigenvalue weighted by Gasteiger charge is -2.37. The van der Waals surface area contributed by atoms with Crippen LogP contribution >= 0.6 is 0 Å². The molecule has 0 aromatic carbocycles. The van der Waals surface area contributed by atoms with E-state index in [1.807, 2.05) is 0 Å². The first-order valence-corrected chi connectivity index (χ1v) is 8.05. The Morgan fingerprint density at radius 1 is 1.12 bits per heavy atom. The van der Waals surface area contributed by atoms with Crippen molar-refractivity contribution in [2.45, 2.75) is 44.3 Å². The normalized spacial score (nSPS) is 14.5. The van der Waals surface area contributed by atoms with Gasteiger partial charge in [-0.2, -0.15) is 26.3 Å². The van der Waals surface area contributed by atoms with Gasteiger partial charge in [-0.3, -0.25) is 4.79 Å². The topological polar surface area (TPSA) is 110 Å². The van der Waals surface area contributed by atoms with Crippen molar-refractivity contribution in [2.24, 2.45) is 0 Å². The van der Waals surface area contributed by atoms with Gasteiger partial charge in [0.05, 0.1) is 22.3 Å². The minimum Gasteiger partial charge on any atom is -0.748 e. The molecule has 0 spiro atoms. The van der Waals surface area contributed by atoms with Gasteiger partial charge in [-0.05, 0) is 13.8 Å². The molecule has 0 aliphatic carbocycles. The number of hydrogen-bond acceptors (Lipinski definition) is 7. The summed E-state index contributed by atoms with van der Waals surface area (Å²) in [4.78, 5) is 22.6. The summed E-state index contributed by atoms with van der Waals surface area (Å²) in [6, 6.07) is 0. The van der Waals surface area contributed by atoms with Gasteiger partial charge in [0.25, 0.3) is 0 Å². The Balaban J connectivity index is 5.65. The Bertz CT molecular complexity index is 651. The summed E-state index contributed by atoms with van der Waals surface area (Å²) in [6.07, 6.45) is -15.7. The monoisotopic (exact) mass is 415 g/mol. The van der Waals surface area contributed by atoms with E-state index in [4.69, 9.17) is 0 Å². The van der Waals surface area contributed by atoms with Crippen LogP contribution in [0, 0.1) is 0 Å². The van der Waals surface area contributed by atoms with Crippen molar-refractivity contribution in [1.82, 2.24) is 0 Å². The molecule has 0 rings (SSSR count). The maximum Gasteiger partial charge on any atom is 0.438 e. The Morgan fingerprint density at radius 2 is 1.54 bits per heavy atom. The third-order valence-electron chi connectivity index (χ3n) is 2.69. The number of hydrogen-bond donors (Lipinski definition) is 0. The van der Waals surface area contributed by atoms with Crippen molar-refractivity contribution < 1.29 is 58.4 Å². The molecule has 0 aliphatic heterocycles. The van der Waals surface area contributed by atoms with Gasteiger partial charge in [-0.25, -0.2) is 13.2 Å². The van der Waals surface area contributed by atoms with Gasteiger partial charge in [0.1, 0.15) is 6.10 Å². The standard InChI is InChI=1S/C12H14F6O7S/c1-6(2)9(20)24-7(3)4-8(19)25-10(11(13,14)15,12(16,17)18)5-26(21,22)23/h7H,1,4-5H2,2-3H3,(H,21,22,23)/p-1. The van der Waals surface area contributed by atoms with E-state index >= 15 is 0 Å². The zero-order chi connectivity index (χ0) is 21.1. The molecule has 7 nitrogen and oxygen atoms in total. The zero-order valence-electron chi connectivity index (χ0n) is 13.2. The lowest BCUT2D eigenvalue weighted by atomic mass is 10.1. The van der Waals surface area contributed by atoms with Gasteiger partial charge in [0.2, 0.25) is 0 Å². The summed E-state index contributed by atoms with van der Waals surface area (Å²) in [5.41, 5.74) is -5.72. The van der Waals surface area contributed by atoms with Crippen LogP contribution in [0.1, 0.15) is 20.3 Å². The SMILES string of the molecule is C=C(C)C(=O)OC(C)CC(=O)OC(CS(=O)(=O)[O-])(C(F)(F)F)C(F)(F)F. The van der Waals surface area contributed by atoms with Crippen LogP contribution in [-0.2, 0) is 29.2 Å². The first-order valence-electron chi connectivity index (χ1n) is 6.48. The number of carbonyl (C=O) groups is 2. The summed E-state index contributed by atoms with van der Waals surface area (Å²) in [6.45, 7) is 5.30. The fourth-order valence-corrected chi connectivity index (χ4v) is 2.40. The third-order valence-corrected chi connectivity index (χ3v) is 3.45. The number of carbonyl (C=O) groups excluding carboxylic acids is 2. The third kappa shape index (κ3) is 6.48. The van der Waals surface area contributed by atoms with E-state index in [0.29, 0.717) is 0 Å². The molecule has 0 bridgehead atoms. The van der Waals surface area contributed by atoms with Gasteiger partial charge in [-0.1, -0.05) is 6.58 Å². The highest BCUT2D eigenvalue weighted by atomic mass is 32.2. The molecule has 0 N–H and O–H groups in total. The van der Waals surface area contributed by atoms with Gasteiger partial charge >= 0.3 is 29.9 Å². The molecule has 0 fully saturated rings. The molecule has 0 radical (unpaired) electrons. The van der Waals surface area contributed by atoms with Crippen molar-refractivity contribution in [1.29, 1.82) is 0 Å². The Morgan fingerprint density at radius 3 is 1.85 bits per heavy atom. The van der Waals surface area contributed by atoms with E-state index in [9.17, 15) is 48.9 Å². The second-order valence-corrected chi connectivity index (χ2v) is 6.60. The van der Waals surface area contributed by atoms with E-state index in [2.05, 4.69) is 16.1 Å². The summed E-state index contributed by atoms with van der Waals surface area (Å²) in [5.74, 6) is -6.37. The second-order valence-electron chi connectivity index (χ2n) is 5.20. The molecule has 1 unspecified atom stereocenters. The average Bonchev–Trinajstić information content (AvgIpc) is 2.32. The highest BCUT2D eigenvalue weighted by Crippen LogP contribution is 2.47. The first-order chi connectivity index (χ1) is 11.3. The van der Waals surface area contributed by atoms with Crippen molar-refractivity contribution in [3.63, 3.8) is 0 Å². The van der Waals surface area contributed by atoms with Crippen LogP contribution in [0.25, 0.3) is 0 Å². The smallest absolute Gasteiger partial charge is 0.438 e. The van der Waals surface area contributed by atoms with Crippen LogP contribution in [-0.4, -0.2) is 54.7 Å². The van der Waals surface area contributed by atoms with Gasteiger partial charge in [0.15, 0.2) is 0 Å². The molecule has 0 amide bonds. The highest BCUT2D eigenvalue weighted by molar-refractivity contribution is 7.85. The van der Waals surface area contributed by atoms with Gasteiger partial charge in [-0.15, -0.1) is 0 Å². The number of rotatable bonds is 7. The predicted molar refractivity (Wildman–Crippen MR) is 70.5 cm³/mol. The maximum absolute atomic E-state index is 12.9. The molecule has 0 saturated heterocycles. The van der Waals surface area contributed by atoms with E-state index in [0.717, 1.165) is 6.92 Å². The summed E-state index contributed by atoms with van der Waals surface area (Å²) < 4.78 is 117. The van der Waals surface area contributed by atoms with Gasteiger partial charge < -0.3 is 14.0 Å². The number of halogens is 6. The number of alkyl halides is 6. The lowest BCUT2D eigenvalue weighted by molar-refractivity contribution is -0.361. The largest absolute Gasteiger partial charge is 0.748 e. The van der Waals surface area contributed by atoms with E-state index in [1.165, 1.54) is 6.92 Å². The van der Waals surface area contributed by atoms with Crippen molar-refractivity contribution in [3.8, 4) is 0 Å². The molecule has 0 heterocycles. The Hall–Kier alpha value is -1.83. The highest BCUT2D eigenvalue weighted by Gasteiger charge is 2.75. The van der Waals surface area contributed by atoms with E-state index < -0.39 is 58.3 Å². The molecule has 0 aromatic rings. The molecule has 1 atom stereocenters. The number of esters is 2. The van der Waals surface area contributed by atoms with Crippen molar-refractivity contribution in [2.75, 3.05) is 5.75 Å². The van der Waals surface area contributed by atoms with Crippen molar-refractivity contribution in [3.05, 3.63) is 12.2 Å². The molecular formula is C12H13F6O7S-. The fourth-order valence-electron chi connectivity index (χ4n) is 1.51. The molecular weight excluding hydrogens is 402 g/mol. The van der Waals surface area contributed by atoms with Crippen LogP contribution < -0.4 is 0 Å². The average molecular weight is 415 g/mol. The zero-order valence-corrected chi connectivity index (χ0v) is 14.0. The lowest BCUT2D eigenvalue weighted by Crippen LogP contribution is -2.63. The number of ether oxygens (including phenoxy) is 2. The Kier molecular flexibility index (Phi) is 7.27. The molecule has 152 valence electrons. The van der Waals surface area contributed by atoms with Crippen LogP contribution in [0.3, 0.4) is 0 Å². The summed E-state index contributed by atoms with van der Waals surface area (Å²) in [7, 11) is -6.12. The first kappa shape index (κ1) is 24.2. The van der Waals surface area contributed by atoms with E-state index in [1.54, 1.807) is 0 Å². The minimum absolute atomic E-state index is 0.164. The maximum atomic E-state index is 12.9. The molecule has 26 heavy (non-hydrogen) atoms. The molecule has 14 heteroatoms. The minimum atomic E-state index is -6.46. The molecule has 0 aliphatic rings. The Labute approximate surface area is 143 Å². The molecule has 0 saturated carbocycles. The van der Waals surface area contributed by atoms with Crippen LogP contribution in [0.4, 0.5) is 26.3 Å².